The third kappa shape index (κ3) is 0.985. The molecule has 0 fully saturated rings. The first-order valence-electron chi connectivity index (χ1n) is 3.10. The molecule has 2 unspecified atom stereocenters. The normalized spacial score (nSPS) is 34.1. The van der Waals surface area contributed by atoms with Crippen LogP contribution in [0.2, 0.25) is 0 Å². The highest BCUT2D eigenvalue weighted by Crippen LogP contribution is 2.27. The van der Waals surface area contributed by atoms with Crippen LogP contribution < -0.4 is 0 Å². The number of rotatable bonds is 1. The van der Waals surface area contributed by atoms with Gasteiger partial charge in [-0.15, -0.1) is 0 Å². The fourth-order valence-electron chi connectivity index (χ4n) is 0.750. The monoisotopic (exact) mass is 204 g/mol. The molecular formula is C7H9BrO2. The quantitative estimate of drug-likeness (QED) is 0.608. The summed E-state index contributed by atoms with van der Waals surface area (Å²) >= 11 is 3.31. The van der Waals surface area contributed by atoms with Gasteiger partial charge in [0.25, 0.3) is 0 Å². The SMILES string of the molecule is CC(Br)C1(C)OC=CC1=O. The van der Waals surface area contributed by atoms with Crippen molar-refractivity contribution in [1.82, 2.24) is 0 Å². The second-order valence-corrected chi connectivity index (χ2v) is 3.88. The van der Waals surface area contributed by atoms with Crippen LogP contribution in [0, 0.1) is 0 Å². The minimum Gasteiger partial charge on any atom is -0.486 e. The molecule has 0 saturated heterocycles. The van der Waals surface area contributed by atoms with E-state index in [1.54, 1.807) is 6.92 Å². The maximum Gasteiger partial charge on any atom is 0.203 e. The number of hydrogen-bond acceptors (Lipinski definition) is 2. The Bertz CT molecular complexity index is 186. The Hall–Kier alpha value is -0.310. The highest BCUT2D eigenvalue weighted by Gasteiger charge is 2.40. The van der Waals surface area contributed by atoms with Crippen LogP contribution >= 0.6 is 15.9 Å². The molecule has 0 bridgehead atoms. The summed E-state index contributed by atoms with van der Waals surface area (Å²) in [4.78, 5) is 11.1. The third-order valence-corrected chi connectivity index (χ3v) is 2.65. The second kappa shape index (κ2) is 2.38. The molecule has 3 heteroatoms. The lowest BCUT2D eigenvalue weighted by Crippen LogP contribution is -2.40. The van der Waals surface area contributed by atoms with Gasteiger partial charge >= 0.3 is 0 Å². The van der Waals surface area contributed by atoms with Gasteiger partial charge in [-0.3, -0.25) is 4.79 Å². The lowest BCUT2D eigenvalue weighted by atomic mass is 9.99. The van der Waals surface area contributed by atoms with Crippen LogP contribution in [0.25, 0.3) is 0 Å². The summed E-state index contributed by atoms with van der Waals surface area (Å²) in [5.41, 5.74) is -0.681. The standard InChI is InChI=1S/C7H9BrO2/c1-5(8)7(2)6(9)3-4-10-7/h3-5H,1-2H3. The molecule has 10 heavy (non-hydrogen) atoms. The number of hydrogen-bond donors (Lipinski definition) is 0. The van der Waals surface area contributed by atoms with Crippen molar-refractivity contribution >= 4 is 21.7 Å². The maximum atomic E-state index is 11.1. The van der Waals surface area contributed by atoms with Crippen LogP contribution in [-0.2, 0) is 9.53 Å². The molecule has 1 aliphatic heterocycles. The van der Waals surface area contributed by atoms with E-state index < -0.39 is 5.60 Å². The molecule has 1 rings (SSSR count). The first-order valence-corrected chi connectivity index (χ1v) is 4.02. The van der Waals surface area contributed by atoms with E-state index in [0.29, 0.717) is 0 Å². The Morgan fingerprint density at radius 1 is 1.80 bits per heavy atom. The van der Waals surface area contributed by atoms with Gasteiger partial charge in [0, 0.05) is 6.08 Å². The lowest BCUT2D eigenvalue weighted by Gasteiger charge is -2.24. The summed E-state index contributed by atoms with van der Waals surface area (Å²) in [6.45, 7) is 3.67. The highest BCUT2D eigenvalue weighted by atomic mass is 79.9. The summed E-state index contributed by atoms with van der Waals surface area (Å²) < 4.78 is 5.14. The Balaban J connectivity index is 2.81. The smallest absolute Gasteiger partial charge is 0.203 e. The Morgan fingerprint density at radius 3 is 2.60 bits per heavy atom. The summed E-state index contributed by atoms with van der Waals surface area (Å²) in [6.07, 6.45) is 2.90. The average molecular weight is 205 g/mol. The first-order chi connectivity index (χ1) is 4.57. The van der Waals surface area contributed by atoms with Crippen molar-refractivity contribution in [2.45, 2.75) is 24.3 Å². The van der Waals surface area contributed by atoms with E-state index in [1.807, 2.05) is 6.92 Å². The number of alkyl halides is 1. The van der Waals surface area contributed by atoms with Crippen LogP contribution in [-0.4, -0.2) is 16.2 Å². The Morgan fingerprint density at radius 2 is 2.40 bits per heavy atom. The van der Waals surface area contributed by atoms with E-state index in [0.717, 1.165) is 0 Å². The Labute approximate surface area is 68.4 Å². The van der Waals surface area contributed by atoms with E-state index in [1.165, 1.54) is 12.3 Å². The predicted molar refractivity (Wildman–Crippen MR) is 42.0 cm³/mol. The van der Waals surface area contributed by atoms with Gasteiger partial charge in [-0.05, 0) is 13.8 Å². The van der Waals surface area contributed by atoms with Crippen molar-refractivity contribution < 1.29 is 9.53 Å². The van der Waals surface area contributed by atoms with Crippen LogP contribution in [0.1, 0.15) is 13.8 Å². The van der Waals surface area contributed by atoms with Gasteiger partial charge in [-0.2, -0.15) is 0 Å². The molecule has 0 aromatic rings. The largest absolute Gasteiger partial charge is 0.486 e. The van der Waals surface area contributed by atoms with Crippen molar-refractivity contribution in [1.29, 1.82) is 0 Å². The van der Waals surface area contributed by atoms with E-state index in [2.05, 4.69) is 15.9 Å². The molecule has 1 heterocycles. The Kier molecular flexibility index (Phi) is 1.86. The fraction of sp³-hybridized carbons (Fsp3) is 0.571. The zero-order valence-corrected chi connectivity index (χ0v) is 7.51. The number of halogens is 1. The van der Waals surface area contributed by atoms with Gasteiger partial charge in [0.1, 0.15) is 0 Å². The summed E-state index contributed by atoms with van der Waals surface area (Å²) in [7, 11) is 0. The van der Waals surface area contributed by atoms with E-state index in [9.17, 15) is 4.79 Å². The number of carbonyl (C=O) groups excluding carboxylic acids is 1. The maximum absolute atomic E-state index is 11.1. The van der Waals surface area contributed by atoms with Gasteiger partial charge in [-0.25, -0.2) is 0 Å². The van der Waals surface area contributed by atoms with E-state index >= 15 is 0 Å². The van der Waals surface area contributed by atoms with Crippen molar-refractivity contribution in [2.75, 3.05) is 0 Å². The third-order valence-electron chi connectivity index (χ3n) is 1.78. The van der Waals surface area contributed by atoms with Gasteiger partial charge in [0.2, 0.25) is 5.78 Å². The van der Waals surface area contributed by atoms with E-state index in [-0.39, 0.29) is 10.6 Å². The summed E-state index contributed by atoms with van der Waals surface area (Å²) in [6, 6.07) is 0. The molecular weight excluding hydrogens is 196 g/mol. The molecule has 2 nitrogen and oxygen atoms in total. The summed E-state index contributed by atoms with van der Waals surface area (Å²) in [5, 5.41) is 0. The molecule has 0 N–H and O–H groups in total. The zero-order valence-electron chi connectivity index (χ0n) is 5.93. The average Bonchev–Trinajstić information content (AvgIpc) is 2.15. The molecule has 56 valence electrons. The molecule has 0 aromatic carbocycles. The molecule has 0 radical (unpaired) electrons. The molecule has 1 aliphatic rings. The minimum atomic E-state index is -0.681. The van der Waals surface area contributed by atoms with Crippen LogP contribution in [0.5, 0.6) is 0 Å². The van der Waals surface area contributed by atoms with Gasteiger partial charge in [0.05, 0.1) is 11.1 Å². The molecule has 2 atom stereocenters. The van der Waals surface area contributed by atoms with Crippen molar-refractivity contribution in [3.63, 3.8) is 0 Å². The molecule has 0 aliphatic carbocycles. The minimum absolute atomic E-state index is 0.0249. The highest BCUT2D eigenvalue weighted by molar-refractivity contribution is 9.09. The van der Waals surface area contributed by atoms with Crippen molar-refractivity contribution in [3.8, 4) is 0 Å². The number of carbonyl (C=O) groups is 1. The summed E-state index contributed by atoms with van der Waals surface area (Å²) in [5.74, 6) is 0.0249. The number of ketones is 1. The van der Waals surface area contributed by atoms with Gasteiger partial charge in [0.15, 0.2) is 5.60 Å². The van der Waals surface area contributed by atoms with Crippen molar-refractivity contribution in [2.24, 2.45) is 0 Å². The molecule has 0 amide bonds. The van der Waals surface area contributed by atoms with Crippen LogP contribution in [0.3, 0.4) is 0 Å². The fourth-order valence-corrected chi connectivity index (χ4v) is 1.08. The molecule has 0 spiro atoms. The van der Waals surface area contributed by atoms with Crippen LogP contribution in [0.15, 0.2) is 12.3 Å². The molecule has 0 saturated carbocycles. The van der Waals surface area contributed by atoms with E-state index in [4.69, 9.17) is 4.74 Å². The zero-order chi connectivity index (χ0) is 7.78. The van der Waals surface area contributed by atoms with Gasteiger partial charge < -0.3 is 4.74 Å². The van der Waals surface area contributed by atoms with Crippen LogP contribution in [0.4, 0.5) is 0 Å². The first kappa shape index (κ1) is 7.79. The van der Waals surface area contributed by atoms with Crippen molar-refractivity contribution in [3.05, 3.63) is 12.3 Å². The number of ether oxygens (including phenoxy) is 1. The predicted octanol–water partition coefficient (Wildman–Crippen LogP) is 1.64. The van der Waals surface area contributed by atoms with Gasteiger partial charge in [-0.1, -0.05) is 15.9 Å². The second-order valence-electron chi connectivity index (χ2n) is 2.51. The molecule has 0 aromatic heterocycles. The topological polar surface area (TPSA) is 26.3 Å². The lowest BCUT2D eigenvalue weighted by molar-refractivity contribution is -0.127.